The molecule has 1 fully saturated rings. The van der Waals surface area contributed by atoms with Crippen LogP contribution in [0.1, 0.15) is 114 Å². The summed E-state index contributed by atoms with van der Waals surface area (Å²) in [6, 6.07) is 20.3. The Labute approximate surface area is 329 Å². The molecule has 55 heavy (non-hydrogen) atoms. The van der Waals surface area contributed by atoms with Crippen LogP contribution in [0.4, 0.5) is 0 Å². The lowest BCUT2D eigenvalue weighted by Crippen LogP contribution is -2.31. The van der Waals surface area contributed by atoms with Crippen molar-refractivity contribution in [3.63, 3.8) is 0 Å². The molecular formula is C48H64O7. The Morgan fingerprint density at radius 2 is 1.25 bits per heavy atom. The highest BCUT2D eigenvalue weighted by Crippen LogP contribution is 2.39. The van der Waals surface area contributed by atoms with Crippen LogP contribution in [0.2, 0.25) is 0 Å². The zero-order valence-electron chi connectivity index (χ0n) is 34.0. The van der Waals surface area contributed by atoms with Crippen LogP contribution in [-0.4, -0.2) is 55.2 Å². The van der Waals surface area contributed by atoms with Crippen LogP contribution in [0, 0.1) is 11.3 Å². The molecule has 0 aliphatic heterocycles. The maximum absolute atomic E-state index is 12.1. The Kier molecular flexibility index (Phi) is 16.8. The summed E-state index contributed by atoms with van der Waals surface area (Å²) >= 11 is 0. The molecule has 0 heterocycles. The summed E-state index contributed by atoms with van der Waals surface area (Å²) in [5.41, 5.74) is 9.32. The lowest BCUT2D eigenvalue weighted by Gasteiger charge is -2.28. The van der Waals surface area contributed by atoms with Gasteiger partial charge in [-0.15, -0.1) is 0 Å². The first-order valence-electron chi connectivity index (χ1n) is 20.3. The maximum atomic E-state index is 12.1. The average molecular weight is 753 g/mol. The summed E-state index contributed by atoms with van der Waals surface area (Å²) in [6.45, 7) is 17.7. The van der Waals surface area contributed by atoms with E-state index in [2.05, 4.69) is 81.6 Å². The highest BCUT2D eigenvalue weighted by Gasteiger charge is 2.27. The number of benzene rings is 3. The molecule has 1 saturated carbocycles. The number of aliphatic hydroxyl groups excluding tert-OH is 2. The van der Waals surface area contributed by atoms with Gasteiger partial charge in [-0.05, 0) is 140 Å². The second-order valence-electron chi connectivity index (χ2n) is 15.7. The molecule has 3 aromatic carbocycles. The average Bonchev–Trinajstić information content (AvgIpc) is 3.20. The SMILES string of the molecule is C=C(C)C(=O)OCCCc1cc(-c2ccc(-c3ccc(C4CCC(C)CC4)cc3)cc2CC)cc(CCCOC(=O)C(=C)C)c1OCCC(CC)(CO)CO. The molecule has 7 heteroatoms. The van der Waals surface area contributed by atoms with E-state index in [-0.39, 0.29) is 26.4 Å². The maximum Gasteiger partial charge on any atom is 0.333 e. The predicted molar refractivity (Wildman–Crippen MR) is 222 cm³/mol. The van der Waals surface area contributed by atoms with E-state index in [1.165, 1.54) is 47.9 Å². The number of aryl methyl sites for hydroxylation is 3. The normalized spacial score (nSPS) is 15.7. The highest BCUT2D eigenvalue weighted by molar-refractivity contribution is 5.87. The Balaban J connectivity index is 1.69. The van der Waals surface area contributed by atoms with Crippen molar-refractivity contribution in [2.45, 2.75) is 111 Å². The van der Waals surface area contributed by atoms with E-state index < -0.39 is 17.4 Å². The molecule has 2 N–H and O–H groups in total. The molecule has 298 valence electrons. The van der Waals surface area contributed by atoms with E-state index >= 15 is 0 Å². The van der Waals surface area contributed by atoms with E-state index in [1.807, 2.05) is 6.92 Å². The Morgan fingerprint density at radius 3 is 1.75 bits per heavy atom. The first kappa shape index (κ1) is 43.5. The molecule has 1 aliphatic rings. The summed E-state index contributed by atoms with van der Waals surface area (Å²) in [5, 5.41) is 20.2. The molecule has 4 rings (SSSR count). The number of ether oxygens (including phenoxy) is 3. The van der Waals surface area contributed by atoms with Crippen molar-refractivity contribution in [1.82, 2.24) is 0 Å². The number of esters is 2. The fraction of sp³-hybridized carbons (Fsp3) is 0.500. The standard InChI is InChI=1S/C48H64O7/c1-8-36-28-40(39-20-18-38(19-21-39)37-16-14-35(7)15-17-37)22-23-44(36)43-29-41(12-10-25-54-46(51)33(3)4)45(53-27-24-48(9-2,31-49)32-50)42(30-43)13-11-26-55-47(52)34(5)6/h18-23,28-30,35,37,49-50H,3,5,8-17,24-27,31-32H2,1-2,4,6-7H3. The third-order valence-corrected chi connectivity index (χ3v) is 11.4. The van der Waals surface area contributed by atoms with Gasteiger partial charge in [0.25, 0.3) is 0 Å². The highest BCUT2D eigenvalue weighted by atomic mass is 16.5. The summed E-state index contributed by atoms with van der Waals surface area (Å²) in [6.07, 6.45) is 9.44. The van der Waals surface area contributed by atoms with Crippen LogP contribution in [0.5, 0.6) is 5.75 Å². The first-order valence-corrected chi connectivity index (χ1v) is 20.3. The van der Waals surface area contributed by atoms with Crippen LogP contribution in [0.25, 0.3) is 22.3 Å². The minimum Gasteiger partial charge on any atom is -0.493 e. The van der Waals surface area contributed by atoms with Gasteiger partial charge in [0.15, 0.2) is 0 Å². The summed E-state index contributed by atoms with van der Waals surface area (Å²) < 4.78 is 17.5. The smallest absolute Gasteiger partial charge is 0.333 e. The molecule has 0 unspecified atom stereocenters. The summed E-state index contributed by atoms with van der Waals surface area (Å²) in [5.74, 6) is 1.41. The van der Waals surface area contributed by atoms with Crippen molar-refractivity contribution in [2.75, 3.05) is 33.0 Å². The van der Waals surface area contributed by atoms with Crippen LogP contribution < -0.4 is 4.74 Å². The fourth-order valence-electron chi connectivity index (χ4n) is 7.43. The van der Waals surface area contributed by atoms with Crippen molar-refractivity contribution < 1.29 is 34.0 Å². The third kappa shape index (κ3) is 12.1. The third-order valence-electron chi connectivity index (χ3n) is 11.4. The molecule has 0 spiro atoms. The zero-order chi connectivity index (χ0) is 40.0. The van der Waals surface area contributed by atoms with Gasteiger partial charge in [-0.3, -0.25) is 0 Å². The van der Waals surface area contributed by atoms with Gasteiger partial charge < -0.3 is 24.4 Å². The van der Waals surface area contributed by atoms with E-state index in [0.717, 1.165) is 40.3 Å². The second kappa shape index (κ2) is 21.2. The van der Waals surface area contributed by atoms with E-state index in [9.17, 15) is 19.8 Å². The summed E-state index contributed by atoms with van der Waals surface area (Å²) in [7, 11) is 0. The molecule has 7 nitrogen and oxygen atoms in total. The molecule has 0 aromatic heterocycles. The van der Waals surface area contributed by atoms with Crippen molar-refractivity contribution in [2.24, 2.45) is 11.3 Å². The Hall–Kier alpha value is -4.20. The molecule has 0 radical (unpaired) electrons. The van der Waals surface area contributed by atoms with Gasteiger partial charge in [0, 0.05) is 16.6 Å². The molecule has 3 aromatic rings. The molecule has 0 atom stereocenters. The van der Waals surface area contributed by atoms with Crippen molar-refractivity contribution in [3.05, 3.63) is 101 Å². The van der Waals surface area contributed by atoms with Gasteiger partial charge in [-0.2, -0.15) is 0 Å². The van der Waals surface area contributed by atoms with Crippen LogP contribution in [0.3, 0.4) is 0 Å². The van der Waals surface area contributed by atoms with Crippen molar-refractivity contribution >= 4 is 11.9 Å². The number of carbonyl (C=O) groups excluding carboxylic acids is 2. The van der Waals surface area contributed by atoms with Crippen molar-refractivity contribution in [1.29, 1.82) is 0 Å². The summed E-state index contributed by atoms with van der Waals surface area (Å²) in [4.78, 5) is 24.3. The lowest BCUT2D eigenvalue weighted by molar-refractivity contribution is -0.139. The molecular weight excluding hydrogens is 689 g/mol. The van der Waals surface area contributed by atoms with Gasteiger partial charge in [0.2, 0.25) is 0 Å². The van der Waals surface area contributed by atoms with Gasteiger partial charge in [-0.25, -0.2) is 9.59 Å². The molecule has 0 saturated heterocycles. The number of aliphatic hydroxyl groups is 2. The van der Waals surface area contributed by atoms with E-state index in [1.54, 1.807) is 13.8 Å². The zero-order valence-corrected chi connectivity index (χ0v) is 34.0. The number of carbonyl (C=O) groups is 2. The van der Waals surface area contributed by atoms with E-state index in [4.69, 9.17) is 14.2 Å². The molecule has 0 bridgehead atoms. The largest absolute Gasteiger partial charge is 0.493 e. The fourth-order valence-corrected chi connectivity index (χ4v) is 7.43. The van der Waals surface area contributed by atoms with Gasteiger partial charge in [0.05, 0.1) is 33.0 Å². The quantitative estimate of drug-likeness (QED) is 0.0635. The lowest BCUT2D eigenvalue weighted by atomic mass is 9.79. The van der Waals surface area contributed by atoms with E-state index in [0.29, 0.717) is 62.2 Å². The van der Waals surface area contributed by atoms with Crippen LogP contribution in [0.15, 0.2) is 78.9 Å². The Bertz CT molecular complexity index is 1680. The minimum absolute atomic E-state index is 0.135. The predicted octanol–water partition coefficient (Wildman–Crippen LogP) is 10.1. The topological polar surface area (TPSA) is 102 Å². The van der Waals surface area contributed by atoms with Gasteiger partial charge in [-0.1, -0.05) is 89.2 Å². The number of hydrogen-bond acceptors (Lipinski definition) is 7. The molecule has 1 aliphatic carbocycles. The Morgan fingerprint density at radius 1 is 0.727 bits per heavy atom. The van der Waals surface area contributed by atoms with Crippen molar-refractivity contribution in [3.8, 4) is 28.0 Å². The monoisotopic (exact) mass is 752 g/mol. The first-order chi connectivity index (χ1) is 26.4. The second-order valence-corrected chi connectivity index (χ2v) is 15.7. The van der Waals surface area contributed by atoms with Gasteiger partial charge in [0.1, 0.15) is 5.75 Å². The minimum atomic E-state index is -0.638. The van der Waals surface area contributed by atoms with Crippen LogP contribution in [-0.2, 0) is 38.3 Å². The van der Waals surface area contributed by atoms with Crippen LogP contribution >= 0.6 is 0 Å². The molecule has 0 amide bonds. The number of hydrogen-bond donors (Lipinski definition) is 2. The van der Waals surface area contributed by atoms with Gasteiger partial charge >= 0.3 is 11.9 Å². The number of rotatable bonds is 21.